The van der Waals surface area contributed by atoms with Crippen LogP contribution in [0.5, 0.6) is 5.75 Å². The zero-order valence-corrected chi connectivity index (χ0v) is 17.7. The molecule has 0 fully saturated rings. The molecule has 0 aliphatic carbocycles. The molecule has 2 aromatic rings. The van der Waals surface area contributed by atoms with Crippen molar-refractivity contribution in [1.29, 1.82) is 0 Å². The molecule has 0 saturated heterocycles. The molecule has 1 N–H and O–H groups in total. The van der Waals surface area contributed by atoms with Crippen molar-refractivity contribution in [3.63, 3.8) is 0 Å². The molecular weight excluding hydrogens is 395 g/mol. The molecule has 1 unspecified atom stereocenters. The molecule has 6 nitrogen and oxygen atoms in total. The van der Waals surface area contributed by atoms with Crippen LogP contribution in [0.15, 0.2) is 48.5 Å². The number of nitrogens with zero attached hydrogens (tertiary/aromatic N) is 1. The lowest BCUT2D eigenvalue weighted by Crippen LogP contribution is -2.32. The maximum absolute atomic E-state index is 13.0. The van der Waals surface area contributed by atoms with E-state index in [1.165, 1.54) is 16.4 Å². The lowest BCUT2D eigenvalue weighted by molar-refractivity contribution is -0.121. The summed E-state index contributed by atoms with van der Waals surface area (Å²) in [5.41, 5.74) is 1.32. The average molecular weight is 423 g/mol. The number of ether oxygens (including phenoxy) is 1. The number of hydrogen-bond acceptors (Lipinski definition) is 4. The Morgan fingerprint density at radius 1 is 1.14 bits per heavy atom. The van der Waals surface area contributed by atoms with Gasteiger partial charge in [-0.25, -0.2) is 12.8 Å². The van der Waals surface area contributed by atoms with E-state index in [9.17, 15) is 17.6 Å². The van der Waals surface area contributed by atoms with Gasteiger partial charge in [-0.05, 0) is 62.2 Å². The Hall–Kier alpha value is -2.61. The Bertz CT molecular complexity index is 899. The molecule has 1 amide bonds. The summed E-state index contributed by atoms with van der Waals surface area (Å²) < 4.78 is 44.0. The largest absolute Gasteiger partial charge is 0.494 e. The molecule has 2 rings (SSSR count). The van der Waals surface area contributed by atoms with Crippen LogP contribution in [0.4, 0.5) is 10.1 Å². The molecule has 0 aromatic heterocycles. The minimum atomic E-state index is -3.49. The highest BCUT2D eigenvalue weighted by Gasteiger charge is 2.18. The van der Waals surface area contributed by atoms with E-state index in [1.54, 1.807) is 36.4 Å². The van der Waals surface area contributed by atoms with Crippen molar-refractivity contribution >= 4 is 21.6 Å². The lowest BCUT2D eigenvalue weighted by Gasteiger charge is -2.23. The molecule has 0 aliphatic heterocycles. The van der Waals surface area contributed by atoms with Gasteiger partial charge < -0.3 is 10.1 Å². The summed E-state index contributed by atoms with van der Waals surface area (Å²) in [5, 5.41) is 2.84. The number of anilines is 1. The van der Waals surface area contributed by atoms with Gasteiger partial charge in [0.1, 0.15) is 11.6 Å². The SMILES string of the molecule is CCOc1ccc(N(CCCC(=O)NC(C)c2ccc(F)cc2)S(C)(=O)=O)cc1. The molecule has 0 aliphatic rings. The Morgan fingerprint density at radius 3 is 2.31 bits per heavy atom. The van der Waals surface area contributed by atoms with E-state index in [0.29, 0.717) is 24.5 Å². The van der Waals surface area contributed by atoms with E-state index < -0.39 is 10.0 Å². The average Bonchev–Trinajstić information content (AvgIpc) is 2.66. The molecular formula is C21H27FN2O4S. The van der Waals surface area contributed by atoms with Crippen molar-refractivity contribution in [2.45, 2.75) is 32.7 Å². The van der Waals surface area contributed by atoms with Crippen LogP contribution in [-0.4, -0.2) is 33.7 Å². The maximum atomic E-state index is 13.0. The molecule has 1 atom stereocenters. The fraction of sp³-hybridized carbons (Fsp3) is 0.381. The molecule has 8 heteroatoms. The summed E-state index contributed by atoms with van der Waals surface area (Å²) in [7, 11) is -3.49. The fourth-order valence-electron chi connectivity index (χ4n) is 2.89. The minimum absolute atomic E-state index is 0.175. The third kappa shape index (κ3) is 7.05. The molecule has 0 saturated carbocycles. The number of halogens is 1. The van der Waals surface area contributed by atoms with Gasteiger partial charge in [-0.3, -0.25) is 9.10 Å². The predicted molar refractivity (Wildman–Crippen MR) is 112 cm³/mol. The van der Waals surface area contributed by atoms with Gasteiger partial charge in [0.25, 0.3) is 0 Å². The highest BCUT2D eigenvalue weighted by molar-refractivity contribution is 7.92. The van der Waals surface area contributed by atoms with Gasteiger partial charge in [0, 0.05) is 13.0 Å². The van der Waals surface area contributed by atoms with E-state index in [4.69, 9.17) is 4.74 Å². The van der Waals surface area contributed by atoms with Crippen molar-refractivity contribution in [2.75, 3.05) is 23.7 Å². The first-order valence-corrected chi connectivity index (χ1v) is 11.3. The van der Waals surface area contributed by atoms with Gasteiger partial charge in [-0.2, -0.15) is 0 Å². The van der Waals surface area contributed by atoms with E-state index in [0.717, 1.165) is 11.8 Å². The van der Waals surface area contributed by atoms with Gasteiger partial charge in [-0.1, -0.05) is 12.1 Å². The molecule has 0 bridgehead atoms. The lowest BCUT2D eigenvalue weighted by atomic mass is 10.1. The van der Waals surface area contributed by atoms with Crippen LogP contribution in [-0.2, 0) is 14.8 Å². The van der Waals surface area contributed by atoms with Crippen LogP contribution >= 0.6 is 0 Å². The Labute approximate surface area is 171 Å². The van der Waals surface area contributed by atoms with Crippen LogP contribution < -0.4 is 14.4 Å². The van der Waals surface area contributed by atoms with Crippen molar-refractivity contribution in [1.82, 2.24) is 5.32 Å². The number of sulfonamides is 1. The van der Waals surface area contributed by atoms with Gasteiger partial charge in [0.2, 0.25) is 15.9 Å². The maximum Gasteiger partial charge on any atom is 0.232 e. The number of carbonyl (C=O) groups excluding carboxylic acids is 1. The first-order chi connectivity index (χ1) is 13.7. The third-order valence-corrected chi connectivity index (χ3v) is 5.54. The van der Waals surface area contributed by atoms with Crippen LogP contribution in [0.2, 0.25) is 0 Å². The second-order valence-corrected chi connectivity index (χ2v) is 8.61. The second kappa shape index (κ2) is 10.2. The first kappa shape index (κ1) is 22.7. The molecule has 29 heavy (non-hydrogen) atoms. The topological polar surface area (TPSA) is 75.7 Å². The summed E-state index contributed by atoms with van der Waals surface area (Å²) in [6.45, 7) is 4.40. The Kier molecular flexibility index (Phi) is 8.01. The number of hydrogen-bond donors (Lipinski definition) is 1. The number of benzene rings is 2. The number of carbonyl (C=O) groups is 1. The van der Waals surface area contributed by atoms with Crippen molar-refractivity contribution in [3.8, 4) is 5.75 Å². The Morgan fingerprint density at radius 2 is 1.76 bits per heavy atom. The van der Waals surface area contributed by atoms with Gasteiger partial charge in [0.15, 0.2) is 0 Å². The van der Waals surface area contributed by atoms with Crippen LogP contribution in [0.3, 0.4) is 0 Å². The normalized spacial score (nSPS) is 12.3. The number of rotatable bonds is 10. The van der Waals surface area contributed by atoms with Crippen molar-refractivity contribution < 1.29 is 22.3 Å². The monoisotopic (exact) mass is 422 g/mol. The molecule has 158 valence electrons. The molecule has 0 spiro atoms. The second-order valence-electron chi connectivity index (χ2n) is 6.71. The number of amides is 1. The van der Waals surface area contributed by atoms with Gasteiger partial charge in [-0.15, -0.1) is 0 Å². The highest BCUT2D eigenvalue weighted by Crippen LogP contribution is 2.22. The van der Waals surface area contributed by atoms with Gasteiger partial charge >= 0.3 is 0 Å². The van der Waals surface area contributed by atoms with Crippen LogP contribution in [0, 0.1) is 5.82 Å². The zero-order valence-electron chi connectivity index (χ0n) is 16.9. The summed E-state index contributed by atoms with van der Waals surface area (Å²) in [6.07, 6.45) is 1.68. The minimum Gasteiger partial charge on any atom is -0.494 e. The third-order valence-electron chi connectivity index (χ3n) is 4.35. The summed E-state index contributed by atoms with van der Waals surface area (Å²) in [6, 6.07) is 12.5. The number of nitrogens with one attached hydrogen (secondary N) is 1. The summed E-state index contributed by atoms with van der Waals surface area (Å²) in [4.78, 5) is 12.2. The molecule has 2 aromatic carbocycles. The van der Waals surface area contributed by atoms with Crippen LogP contribution in [0.1, 0.15) is 38.3 Å². The first-order valence-electron chi connectivity index (χ1n) is 9.46. The van der Waals surface area contributed by atoms with E-state index in [1.807, 2.05) is 13.8 Å². The van der Waals surface area contributed by atoms with Crippen LogP contribution in [0.25, 0.3) is 0 Å². The van der Waals surface area contributed by atoms with Crippen molar-refractivity contribution in [2.24, 2.45) is 0 Å². The Balaban J connectivity index is 1.92. The summed E-state index contributed by atoms with van der Waals surface area (Å²) in [5.74, 6) is 0.142. The van der Waals surface area contributed by atoms with Gasteiger partial charge in [0.05, 0.1) is 24.6 Å². The molecule has 0 radical (unpaired) electrons. The zero-order chi connectivity index (χ0) is 21.4. The van der Waals surface area contributed by atoms with E-state index >= 15 is 0 Å². The standard InChI is InChI=1S/C21H27FN2O4S/c1-4-28-20-13-11-19(12-14-20)24(29(3,26)27)15-5-6-21(25)23-16(2)17-7-9-18(22)10-8-17/h7-14,16H,4-6,15H2,1-3H3,(H,23,25). The molecule has 0 heterocycles. The van der Waals surface area contributed by atoms with E-state index in [2.05, 4.69) is 5.32 Å². The highest BCUT2D eigenvalue weighted by atomic mass is 32.2. The predicted octanol–water partition coefficient (Wildman–Crippen LogP) is 3.65. The quantitative estimate of drug-likeness (QED) is 0.634. The summed E-state index contributed by atoms with van der Waals surface area (Å²) >= 11 is 0. The van der Waals surface area contributed by atoms with E-state index in [-0.39, 0.29) is 30.7 Å². The smallest absolute Gasteiger partial charge is 0.232 e. The van der Waals surface area contributed by atoms with Crippen molar-refractivity contribution in [3.05, 3.63) is 59.9 Å². The fourth-order valence-corrected chi connectivity index (χ4v) is 3.86.